The van der Waals surface area contributed by atoms with Crippen molar-refractivity contribution in [1.82, 2.24) is 0 Å². The highest BCUT2D eigenvalue weighted by Crippen LogP contribution is 2.25. The Morgan fingerprint density at radius 3 is 2.70 bits per heavy atom. The molecule has 0 aliphatic heterocycles. The molecule has 0 atom stereocenters. The molecule has 2 aromatic carbocycles. The van der Waals surface area contributed by atoms with Gasteiger partial charge in [0.1, 0.15) is 23.9 Å². The van der Waals surface area contributed by atoms with Gasteiger partial charge in [0.2, 0.25) is 0 Å². The first-order valence-electron chi connectivity index (χ1n) is 5.84. The van der Waals surface area contributed by atoms with Crippen LogP contribution < -0.4 is 9.47 Å². The Kier molecular flexibility index (Phi) is 4.58. The van der Waals surface area contributed by atoms with E-state index in [-0.39, 0.29) is 11.6 Å². The molecule has 0 saturated carbocycles. The van der Waals surface area contributed by atoms with Gasteiger partial charge in [-0.1, -0.05) is 17.7 Å². The van der Waals surface area contributed by atoms with Crippen molar-refractivity contribution >= 4 is 17.9 Å². The Morgan fingerprint density at radius 1 is 1.25 bits per heavy atom. The van der Waals surface area contributed by atoms with Crippen LogP contribution >= 0.6 is 11.6 Å². The molecule has 0 unspecified atom stereocenters. The highest BCUT2D eigenvalue weighted by atomic mass is 35.5. The molecule has 0 aliphatic carbocycles. The smallest absolute Gasteiger partial charge is 0.153 e. The highest BCUT2D eigenvalue weighted by Gasteiger charge is 2.07. The minimum Gasteiger partial charge on any atom is -0.497 e. The van der Waals surface area contributed by atoms with Crippen molar-refractivity contribution in [2.75, 3.05) is 7.11 Å². The largest absolute Gasteiger partial charge is 0.497 e. The van der Waals surface area contributed by atoms with E-state index in [1.807, 2.05) is 0 Å². The molecule has 2 aromatic rings. The molecule has 0 heterocycles. The first-order chi connectivity index (χ1) is 9.63. The van der Waals surface area contributed by atoms with Crippen LogP contribution in [0.3, 0.4) is 0 Å². The molecule has 0 radical (unpaired) electrons. The quantitative estimate of drug-likeness (QED) is 0.785. The number of methoxy groups -OCH3 is 1. The fourth-order valence-electron chi connectivity index (χ4n) is 1.65. The van der Waals surface area contributed by atoms with Crippen molar-refractivity contribution in [2.45, 2.75) is 6.61 Å². The first kappa shape index (κ1) is 14.3. The van der Waals surface area contributed by atoms with Gasteiger partial charge in [-0.05, 0) is 29.8 Å². The molecule has 20 heavy (non-hydrogen) atoms. The van der Waals surface area contributed by atoms with Gasteiger partial charge in [0, 0.05) is 6.07 Å². The summed E-state index contributed by atoms with van der Waals surface area (Å²) in [6.45, 7) is 0.175. The lowest BCUT2D eigenvalue weighted by molar-refractivity contribution is 0.111. The summed E-state index contributed by atoms with van der Waals surface area (Å²) in [7, 11) is 1.53. The van der Waals surface area contributed by atoms with E-state index >= 15 is 0 Å². The zero-order valence-electron chi connectivity index (χ0n) is 10.7. The molecule has 0 spiro atoms. The SMILES string of the molecule is COc1ccc(C=O)c(OCc2ccc(F)c(Cl)c2)c1. The van der Waals surface area contributed by atoms with E-state index in [4.69, 9.17) is 21.1 Å². The molecule has 0 aliphatic rings. The molecular formula is C15H12ClFO3. The average molecular weight is 295 g/mol. The van der Waals surface area contributed by atoms with Crippen LogP contribution in [0.25, 0.3) is 0 Å². The summed E-state index contributed by atoms with van der Waals surface area (Å²) in [5.74, 6) is 0.507. The van der Waals surface area contributed by atoms with Crippen molar-refractivity contribution in [3.63, 3.8) is 0 Å². The molecule has 0 aromatic heterocycles. The summed E-state index contributed by atoms with van der Waals surface area (Å²) in [5.41, 5.74) is 1.12. The van der Waals surface area contributed by atoms with Crippen molar-refractivity contribution < 1.29 is 18.7 Å². The van der Waals surface area contributed by atoms with Gasteiger partial charge >= 0.3 is 0 Å². The maximum atomic E-state index is 13.0. The summed E-state index contributed by atoms with van der Waals surface area (Å²) in [4.78, 5) is 10.9. The topological polar surface area (TPSA) is 35.5 Å². The molecule has 0 bridgehead atoms. The molecule has 0 amide bonds. The predicted octanol–water partition coefficient (Wildman–Crippen LogP) is 3.88. The molecular weight excluding hydrogens is 283 g/mol. The number of carbonyl (C=O) groups is 1. The average Bonchev–Trinajstić information content (AvgIpc) is 2.48. The van der Waals surface area contributed by atoms with E-state index in [9.17, 15) is 9.18 Å². The number of hydrogen-bond acceptors (Lipinski definition) is 3. The lowest BCUT2D eigenvalue weighted by Gasteiger charge is -2.10. The van der Waals surface area contributed by atoms with Gasteiger partial charge < -0.3 is 9.47 Å². The first-order valence-corrected chi connectivity index (χ1v) is 6.22. The van der Waals surface area contributed by atoms with Crippen LogP contribution in [-0.4, -0.2) is 13.4 Å². The van der Waals surface area contributed by atoms with Crippen molar-refractivity contribution in [3.8, 4) is 11.5 Å². The van der Waals surface area contributed by atoms with Gasteiger partial charge in [-0.2, -0.15) is 0 Å². The molecule has 3 nitrogen and oxygen atoms in total. The summed E-state index contributed by atoms with van der Waals surface area (Å²) in [6, 6.07) is 9.23. The van der Waals surface area contributed by atoms with E-state index in [1.165, 1.54) is 19.2 Å². The van der Waals surface area contributed by atoms with Crippen LogP contribution in [0.15, 0.2) is 36.4 Å². The van der Waals surface area contributed by atoms with Crippen LogP contribution in [0, 0.1) is 5.82 Å². The molecule has 104 valence electrons. The summed E-state index contributed by atoms with van der Waals surface area (Å²) >= 11 is 5.70. The lowest BCUT2D eigenvalue weighted by atomic mass is 10.2. The molecule has 0 fully saturated rings. The van der Waals surface area contributed by atoms with Gasteiger partial charge in [0.25, 0.3) is 0 Å². The van der Waals surface area contributed by atoms with Gasteiger partial charge in [-0.15, -0.1) is 0 Å². The van der Waals surface area contributed by atoms with E-state index in [2.05, 4.69) is 0 Å². The second-order valence-electron chi connectivity index (χ2n) is 4.06. The number of halogens is 2. The maximum absolute atomic E-state index is 13.0. The Morgan fingerprint density at radius 2 is 2.05 bits per heavy atom. The Hall–Kier alpha value is -2.07. The zero-order valence-corrected chi connectivity index (χ0v) is 11.5. The van der Waals surface area contributed by atoms with Crippen LogP contribution in [0.2, 0.25) is 5.02 Å². The maximum Gasteiger partial charge on any atom is 0.153 e. The van der Waals surface area contributed by atoms with Crippen molar-refractivity contribution in [3.05, 3.63) is 58.4 Å². The number of benzene rings is 2. The fourth-order valence-corrected chi connectivity index (χ4v) is 1.86. The lowest BCUT2D eigenvalue weighted by Crippen LogP contribution is -1.99. The molecule has 0 N–H and O–H groups in total. The van der Waals surface area contributed by atoms with E-state index < -0.39 is 5.82 Å². The van der Waals surface area contributed by atoms with Gasteiger partial charge in [-0.3, -0.25) is 4.79 Å². The monoisotopic (exact) mass is 294 g/mol. The van der Waals surface area contributed by atoms with Gasteiger partial charge in [0.05, 0.1) is 17.7 Å². The number of rotatable bonds is 5. The van der Waals surface area contributed by atoms with E-state index in [1.54, 1.807) is 24.3 Å². The number of hydrogen-bond donors (Lipinski definition) is 0. The van der Waals surface area contributed by atoms with Crippen molar-refractivity contribution in [2.24, 2.45) is 0 Å². The second kappa shape index (κ2) is 6.39. The Bertz CT molecular complexity index is 629. The minimum atomic E-state index is -0.481. The summed E-state index contributed by atoms with van der Waals surface area (Å²) in [5, 5.41) is 0.0346. The van der Waals surface area contributed by atoms with Crippen LogP contribution in [0.4, 0.5) is 4.39 Å². The van der Waals surface area contributed by atoms with Crippen LogP contribution in [0.1, 0.15) is 15.9 Å². The fraction of sp³-hybridized carbons (Fsp3) is 0.133. The standard InChI is InChI=1S/C15H12ClFO3/c1-19-12-4-3-11(8-18)15(7-12)20-9-10-2-5-14(17)13(16)6-10/h2-8H,9H2,1H3. The van der Waals surface area contributed by atoms with Crippen LogP contribution in [0.5, 0.6) is 11.5 Å². The second-order valence-corrected chi connectivity index (χ2v) is 4.47. The third-order valence-electron chi connectivity index (χ3n) is 2.73. The highest BCUT2D eigenvalue weighted by molar-refractivity contribution is 6.30. The normalized spacial score (nSPS) is 10.2. The zero-order chi connectivity index (χ0) is 14.5. The Labute approximate surface area is 120 Å². The van der Waals surface area contributed by atoms with Gasteiger partial charge in [-0.25, -0.2) is 4.39 Å². The summed E-state index contributed by atoms with van der Waals surface area (Å²) < 4.78 is 23.7. The molecule has 2 rings (SSSR count). The van der Waals surface area contributed by atoms with Gasteiger partial charge in [0.15, 0.2) is 6.29 Å². The minimum absolute atomic E-state index is 0.0346. The number of carbonyl (C=O) groups excluding carboxylic acids is 1. The number of ether oxygens (including phenoxy) is 2. The van der Waals surface area contributed by atoms with Crippen molar-refractivity contribution in [1.29, 1.82) is 0 Å². The van der Waals surface area contributed by atoms with E-state index in [0.29, 0.717) is 28.9 Å². The predicted molar refractivity (Wildman–Crippen MR) is 74.1 cm³/mol. The Balaban J connectivity index is 2.17. The third-order valence-corrected chi connectivity index (χ3v) is 3.02. The molecule has 0 saturated heterocycles. The van der Waals surface area contributed by atoms with Crippen LogP contribution in [-0.2, 0) is 6.61 Å². The number of aldehydes is 1. The summed E-state index contributed by atoms with van der Waals surface area (Å²) in [6.07, 6.45) is 0.701. The molecule has 5 heteroatoms. The third kappa shape index (κ3) is 3.27. The van der Waals surface area contributed by atoms with E-state index in [0.717, 1.165) is 0 Å².